The molecule has 1 atom stereocenters. The Morgan fingerprint density at radius 2 is 2.24 bits per heavy atom. The van der Waals surface area contributed by atoms with E-state index in [0.717, 1.165) is 31.6 Å². The molecular formula is C16H20N4O. The molecule has 1 aromatic heterocycles. The predicted molar refractivity (Wildman–Crippen MR) is 81.1 cm³/mol. The number of carbonyl (C=O) groups excluding carboxylic acids is 1. The first-order valence-corrected chi connectivity index (χ1v) is 7.39. The third kappa shape index (κ3) is 3.49. The summed E-state index contributed by atoms with van der Waals surface area (Å²) in [5.41, 5.74) is 2.38. The maximum Gasteiger partial charge on any atom is 0.220 e. The molecule has 2 heterocycles. The molecule has 2 N–H and O–H groups in total. The molecular weight excluding hydrogens is 264 g/mol. The second-order valence-electron chi connectivity index (χ2n) is 5.35. The van der Waals surface area contributed by atoms with Crippen LogP contribution in [0, 0.1) is 0 Å². The van der Waals surface area contributed by atoms with Crippen molar-refractivity contribution in [3.05, 3.63) is 48.5 Å². The van der Waals surface area contributed by atoms with Gasteiger partial charge in [0.25, 0.3) is 0 Å². The predicted octanol–water partition coefficient (Wildman–Crippen LogP) is 1.63. The van der Waals surface area contributed by atoms with Crippen molar-refractivity contribution >= 4 is 5.91 Å². The average Bonchev–Trinajstić information content (AvgIpc) is 2.96. The Kier molecular flexibility index (Phi) is 4.31. The molecule has 0 bridgehead atoms. The Bertz CT molecular complexity index is 594. The highest BCUT2D eigenvalue weighted by atomic mass is 16.1. The lowest BCUT2D eigenvalue weighted by Gasteiger charge is -2.17. The third-order valence-corrected chi connectivity index (χ3v) is 3.89. The number of nitrogens with zero attached hydrogens (tertiary/aromatic N) is 2. The molecule has 5 heteroatoms. The van der Waals surface area contributed by atoms with Gasteiger partial charge in [0, 0.05) is 37.9 Å². The zero-order valence-corrected chi connectivity index (χ0v) is 12.0. The van der Waals surface area contributed by atoms with Crippen LogP contribution >= 0.6 is 0 Å². The van der Waals surface area contributed by atoms with Gasteiger partial charge in [-0.15, -0.1) is 0 Å². The molecule has 1 amide bonds. The van der Waals surface area contributed by atoms with Crippen LogP contribution in [0.2, 0.25) is 0 Å². The van der Waals surface area contributed by atoms with E-state index in [1.54, 1.807) is 6.20 Å². The highest BCUT2D eigenvalue weighted by Gasteiger charge is 2.15. The molecule has 110 valence electrons. The lowest BCUT2D eigenvalue weighted by atomic mass is 10.1. The van der Waals surface area contributed by atoms with Crippen molar-refractivity contribution in [2.75, 3.05) is 6.54 Å². The number of aromatic nitrogens is 2. The SMILES string of the molecule is O=C1CC[C@@H](NCc2ccccc2-n2ccnc2)CCN1. The number of rotatable bonds is 4. The smallest absolute Gasteiger partial charge is 0.220 e. The minimum absolute atomic E-state index is 0.165. The van der Waals surface area contributed by atoms with Gasteiger partial charge in [0.1, 0.15) is 0 Å². The summed E-state index contributed by atoms with van der Waals surface area (Å²) >= 11 is 0. The minimum atomic E-state index is 0.165. The van der Waals surface area contributed by atoms with Crippen molar-refractivity contribution in [1.29, 1.82) is 0 Å². The number of hydrogen-bond acceptors (Lipinski definition) is 3. The van der Waals surface area contributed by atoms with Crippen LogP contribution in [0.25, 0.3) is 5.69 Å². The van der Waals surface area contributed by atoms with E-state index >= 15 is 0 Å². The molecule has 1 aliphatic heterocycles. The van der Waals surface area contributed by atoms with Crippen molar-refractivity contribution in [2.45, 2.75) is 31.8 Å². The van der Waals surface area contributed by atoms with Crippen LogP contribution in [-0.2, 0) is 11.3 Å². The van der Waals surface area contributed by atoms with Crippen molar-refractivity contribution in [2.24, 2.45) is 0 Å². The number of carbonyl (C=O) groups is 1. The summed E-state index contributed by atoms with van der Waals surface area (Å²) in [6.45, 7) is 1.56. The first kappa shape index (κ1) is 13.8. The summed E-state index contributed by atoms with van der Waals surface area (Å²) in [5, 5.41) is 6.49. The summed E-state index contributed by atoms with van der Waals surface area (Å²) in [6, 6.07) is 8.70. The average molecular weight is 284 g/mol. The monoisotopic (exact) mass is 284 g/mol. The standard InChI is InChI=1S/C16H20N4O/c21-16-6-5-14(7-8-18-16)19-11-13-3-1-2-4-15(13)20-10-9-17-12-20/h1-4,9-10,12,14,19H,5-8,11H2,(H,18,21)/t14-/m1/s1. The fourth-order valence-corrected chi connectivity index (χ4v) is 2.70. The summed E-state index contributed by atoms with van der Waals surface area (Å²) in [4.78, 5) is 15.5. The van der Waals surface area contributed by atoms with Crippen LogP contribution in [0.5, 0.6) is 0 Å². The highest BCUT2D eigenvalue weighted by molar-refractivity contribution is 5.76. The van der Waals surface area contributed by atoms with Crippen molar-refractivity contribution in [3.8, 4) is 5.69 Å². The fraction of sp³-hybridized carbons (Fsp3) is 0.375. The molecule has 1 fully saturated rings. The first-order chi connectivity index (χ1) is 10.3. The van der Waals surface area contributed by atoms with E-state index in [9.17, 15) is 4.79 Å². The molecule has 3 rings (SSSR count). The van der Waals surface area contributed by atoms with Gasteiger partial charge < -0.3 is 15.2 Å². The van der Waals surface area contributed by atoms with Crippen LogP contribution in [0.1, 0.15) is 24.8 Å². The summed E-state index contributed by atoms with van der Waals surface area (Å²) in [6.07, 6.45) is 8.05. The van der Waals surface area contributed by atoms with Gasteiger partial charge in [0.05, 0.1) is 12.0 Å². The van der Waals surface area contributed by atoms with E-state index in [2.05, 4.69) is 33.8 Å². The molecule has 21 heavy (non-hydrogen) atoms. The number of benzene rings is 1. The topological polar surface area (TPSA) is 59.0 Å². The molecule has 1 saturated heterocycles. The summed E-state index contributed by atoms with van der Waals surface area (Å²) in [7, 11) is 0. The zero-order valence-electron chi connectivity index (χ0n) is 12.0. The normalized spacial score (nSPS) is 19.0. The van der Waals surface area contributed by atoms with E-state index in [4.69, 9.17) is 0 Å². The van der Waals surface area contributed by atoms with Gasteiger partial charge >= 0.3 is 0 Å². The largest absolute Gasteiger partial charge is 0.356 e. The molecule has 0 spiro atoms. The molecule has 5 nitrogen and oxygen atoms in total. The van der Waals surface area contributed by atoms with E-state index in [0.29, 0.717) is 12.5 Å². The summed E-state index contributed by atoms with van der Waals surface area (Å²) < 4.78 is 2.02. The Labute approximate surface area is 124 Å². The van der Waals surface area contributed by atoms with Crippen LogP contribution in [0.3, 0.4) is 0 Å². The molecule has 1 aromatic carbocycles. The molecule has 0 radical (unpaired) electrons. The van der Waals surface area contributed by atoms with Crippen molar-refractivity contribution in [3.63, 3.8) is 0 Å². The molecule has 0 aliphatic carbocycles. The van der Waals surface area contributed by atoms with Gasteiger partial charge in [0.15, 0.2) is 0 Å². The Hall–Kier alpha value is -2.14. The number of nitrogens with one attached hydrogen (secondary N) is 2. The van der Waals surface area contributed by atoms with Crippen LogP contribution < -0.4 is 10.6 Å². The van der Waals surface area contributed by atoms with Crippen molar-refractivity contribution < 1.29 is 4.79 Å². The number of para-hydroxylation sites is 1. The second kappa shape index (κ2) is 6.54. The highest BCUT2D eigenvalue weighted by Crippen LogP contribution is 2.15. The fourth-order valence-electron chi connectivity index (χ4n) is 2.70. The molecule has 1 aliphatic rings. The van der Waals surface area contributed by atoms with E-state index < -0.39 is 0 Å². The van der Waals surface area contributed by atoms with Gasteiger partial charge in [-0.05, 0) is 24.5 Å². The lowest BCUT2D eigenvalue weighted by molar-refractivity contribution is -0.120. The zero-order chi connectivity index (χ0) is 14.5. The molecule has 2 aromatic rings. The maximum atomic E-state index is 11.4. The van der Waals surface area contributed by atoms with Crippen LogP contribution in [0.4, 0.5) is 0 Å². The number of imidazole rings is 1. The Balaban J connectivity index is 1.67. The quantitative estimate of drug-likeness (QED) is 0.897. The van der Waals surface area contributed by atoms with Gasteiger partial charge in [-0.2, -0.15) is 0 Å². The van der Waals surface area contributed by atoms with Gasteiger partial charge in [-0.3, -0.25) is 4.79 Å². The minimum Gasteiger partial charge on any atom is -0.356 e. The lowest BCUT2D eigenvalue weighted by Crippen LogP contribution is -2.29. The number of hydrogen-bond donors (Lipinski definition) is 2. The molecule has 0 saturated carbocycles. The Morgan fingerprint density at radius 3 is 3.10 bits per heavy atom. The Morgan fingerprint density at radius 1 is 1.33 bits per heavy atom. The maximum absolute atomic E-state index is 11.4. The second-order valence-corrected chi connectivity index (χ2v) is 5.35. The number of amides is 1. The van der Waals surface area contributed by atoms with E-state index in [1.165, 1.54) is 5.56 Å². The van der Waals surface area contributed by atoms with Gasteiger partial charge in [0.2, 0.25) is 5.91 Å². The molecule has 0 unspecified atom stereocenters. The van der Waals surface area contributed by atoms with Gasteiger partial charge in [-0.1, -0.05) is 18.2 Å². The van der Waals surface area contributed by atoms with E-state index in [1.807, 2.05) is 23.2 Å². The third-order valence-electron chi connectivity index (χ3n) is 3.89. The van der Waals surface area contributed by atoms with Gasteiger partial charge in [-0.25, -0.2) is 4.98 Å². The van der Waals surface area contributed by atoms with Crippen LogP contribution in [0.15, 0.2) is 43.0 Å². The first-order valence-electron chi connectivity index (χ1n) is 7.39. The van der Waals surface area contributed by atoms with Crippen LogP contribution in [-0.4, -0.2) is 28.0 Å². The summed E-state index contributed by atoms with van der Waals surface area (Å²) in [5.74, 6) is 0.165. The van der Waals surface area contributed by atoms with Crippen molar-refractivity contribution in [1.82, 2.24) is 20.2 Å². The van der Waals surface area contributed by atoms with E-state index in [-0.39, 0.29) is 5.91 Å².